The number of aryl methyl sites for hydroxylation is 1. The van der Waals surface area contributed by atoms with Crippen LogP contribution in [0.2, 0.25) is 0 Å². The van der Waals surface area contributed by atoms with Crippen LogP contribution in [0.15, 0.2) is 72.9 Å². The van der Waals surface area contributed by atoms with Crippen molar-refractivity contribution in [1.82, 2.24) is 9.97 Å². The van der Waals surface area contributed by atoms with E-state index in [9.17, 15) is 17.6 Å². The van der Waals surface area contributed by atoms with Gasteiger partial charge in [0, 0.05) is 11.3 Å². The van der Waals surface area contributed by atoms with Crippen molar-refractivity contribution in [2.24, 2.45) is 0 Å². The predicted octanol–water partition coefficient (Wildman–Crippen LogP) is 5.07. The molecule has 196 valence electrons. The molecule has 1 aromatic heterocycles. The Bertz CT molecular complexity index is 1560. The first-order valence-corrected chi connectivity index (χ1v) is 13.3. The molecule has 8 nitrogen and oxygen atoms in total. The lowest BCUT2D eigenvalue weighted by atomic mass is 10.1. The number of sulfonamides is 1. The fourth-order valence-corrected chi connectivity index (χ4v) is 4.09. The zero-order chi connectivity index (χ0) is 27.3. The molecule has 0 spiro atoms. The minimum Gasteiger partial charge on any atom is -0.372 e. The van der Waals surface area contributed by atoms with E-state index in [0.717, 1.165) is 29.5 Å². The van der Waals surface area contributed by atoms with Gasteiger partial charge in [0.1, 0.15) is 17.2 Å². The van der Waals surface area contributed by atoms with Crippen molar-refractivity contribution in [2.45, 2.75) is 20.1 Å². The largest absolute Gasteiger partial charge is 0.372 e. The Hall–Kier alpha value is -4.22. The third-order valence-corrected chi connectivity index (χ3v) is 5.99. The maximum atomic E-state index is 15.4. The molecule has 0 unspecified atom stereocenters. The molecule has 0 bridgehead atoms. The van der Waals surface area contributed by atoms with Gasteiger partial charge in [-0.25, -0.2) is 22.2 Å². The topological polar surface area (TPSA) is 110 Å². The first-order chi connectivity index (χ1) is 18.1. The molecule has 2 N–H and O–H groups in total. The van der Waals surface area contributed by atoms with E-state index in [4.69, 9.17) is 4.74 Å². The van der Waals surface area contributed by atoms with E-state index >= 15 is 4.39 Å². The van der Waals surface area contributed by atoms with E-state index in [-0.39, 0.29) is 22.8 Å². The van der Waals surface area contributed by atoms with Gasteiger partial charge in [0.15, 0.2) is 5.82 Å². The summed E-state index contributed by atoms with van der Waals surface area (Å²) in [6.07, 6.45) is 2.14. The standard InChI is InChI=1S/C27H24F2N4O4S/c1-17-26(33-38(2,35)36)32-23(14-30-17)21-12-13-22(28)24(25(21)29)27(34)31-20-10-8-19(9-11-20)16-37-15-18-6-4-3-5-7-18/h3-14H,15-16H2,1-2H3,(H,31,34)(H,32,33). The number of carbonyl (C=O) groups is 1. The third kappa shape index (κ3) is 6.75. The number of rotatable bonds is 9. The van der Waals surface area contributed by atoms with Crippen LogP contribution in [0.1, 0.15) is 27.2 Å². The number of hydrogen-bond donors (Lipinski definition) is 2. The Morgan fingerprint density at radius 2 is 1.61 bits per heavy atom. The minimum atomic E-state index is -3.67. The molecule has 0 atom stereocenters. The van der Waals surface area contributed by atoms with Gasteiger partial charge in [-0.15, -0.1) is 0 Å². The second-order valence-electron chi connectivity index (χ2n) is 8.48. The van der Waals surface area contributed by atoms with Crippen LogP contribution in [0.4, 0.5) is 20.3 Å². The number of halogens is 2. The van der Waals surface area contributed by atoms with Crippen molar-refractivity contribution < 1.29 is 26.7 Å². The number of ether oxygens (including phenoxy) is 1. The van der Waals surface area contributed by atoms with Gasteiger partial charge in [-0.3, -0.25) is 14.5 Å². The lowest BCUT2D eigenvalue weighted by Crippen LogP contribution is -2.17. The van der Waals surface area contributed by atoms with Gasteiger partial charge in [0.2, 0.25) is 10.0 Å². The summed E-state index contributed by atoms with van der Waals surface area (Å²) in [6.45, 7) is 2.32. The molecule has 0 aliphatic heterocycles. The zero-order valence-electron chi connectivity index (χ0n) is 20.5. The molecule has 0 saturated carbocycles. The lowest BCUT2D eigenvalue weighted by molar-refractivity contribution is 0.101. The molecule has 0 aliphatic carbocycles. The molecule has 4 rings (SSSR count). The van der Waals surface area contributed by atoms with Gasteiger partial charge in [0.05, 0.1) is 37.1 Å². The van der Waals surface area contributed by atoms with Gasteiger partial charge >= 0.3 is 0 Å². The highest BCUT2D eigenvalue weighted by atomic mass is 32.2. The van der Waals surface area contributed by atoms with Crippen LogP contribution >= 0.6 is 0 Å². The number of carbonyl (C=O) groups excluding carboxylic acids is 1. The molecule has 1 amide bonds. The number of nitrogens with zero attached hydrogens (tertiary/aromatic N) is 2. The SMILES string of the molecule is Cc1ncc(-c2ccc(F)c(C(=O)Nc3ccc(COCc4ccccc4)cc3)c2F)nc1NS(C)(=O)=O. The lowest BCUT2D eigenvalue weighted by Gasteiger charge is -2.12. The Balaban J connectivity index is 1.49. The van der Waals surface area contributed by atoms with Crippen molar-refractivity contribution >= 4 is 27.4 Å². The van der Waals surface area contributed by atoms with Crippen LogP contribution < -0.4 is 10.0 Å². The number of anilines is 2. The Morgan fingerprint density at radius 3 is 2.26 bits per heavy atom. The number of hydrogen-bond acceptors (Lipinski definition) is 6. The second-order valence-corrected chi connectivity index (χ2v) is 10.2. The summed E-state index contributed by atoms with van der Waals surface area (Å²) in [5, 5.41) is 2.49. The molecule has 1 heterocycles. The fourth-order valence-electron chi connectivity index (χ4n) is 3.55. The van der Waals surface area contributed by atoms with Crippen LogP contribution in [0.25, 0.3) is 11.3 Å². The second kappa shape index (κ2) is 11.4. The molecule has 4 aromatic rings. The van der Waals surface area contributed by atoms with E-state index in [2.05, 4.69) is 20.0 Å². The van der Waals surface area contributed by atoms with E-state index in [1.807, 2.05) is 30.3 Å². The van der Waals surface area contributed by atoms with Crippen LogP contribution in [0, 0.1) is 18.6 Å². The van der Waals surface area contributed by atoms with Crippen molar-refractivity contribution in [2.75, 3.05) is 16.3 Å². The predicted molar refractivity (Wildman–Crippen MR) is 140 cm³/mol. The number of amides is 1. The van der Waals surface area contributed by atoms with E-state index < -0.39 is 33.1 Å². The summed E-state index contributed by atoms with van der Waals surface area (Å²) in [4.78, 5) is 20.9. The molecule has 0 fully saturated rings. The van der Waals surface area contributed by atoms with Crippen molar-refractivity contribution in [3.63, 3.8) is 0 Å². The molecular weight excluding hydrogens is 514 g/mol. The monoisotopic (exact) mass is 538 g/mol. The zero-order valence-corrected chi connectivity index (χ0v) is 21.4. The van der Waals surface area contributed by atoms with Crippen LogP contribution in [-0.2, 0) is 28.0 Å². The molecule has 0 radical (unpaired) electrons. The highest BCUT2D eigenvalue weighted by molar-refractivity contribution is 7.92. The van der Waals surface area contributed by atoms with Crippen molar-refractivity contribution in [3.05, 3.63) is 107 Å². The summed E-state index contributed by atoms with van der Waals surface area (Å²) < 4.78 is 61.0. The van der Waals surface area contributed by atoms with Gasteiger partial charge in [-0.1, -0.05) is 42.5 Å². The first kappa shape index (κ1) is 26.8. The van der Waals surface area contributed by atoms with Crippen molar-refractivity contribution in [1.29, 1.82) is 0 Å². The average Bonchev–Trinajstić information content (AvgIpc) is 2.86. The fraction of sp³-hybridized carbons (Fsp3) is 0.148. The molecule has 0 saturated heterocycles. The Morgan fingerprint density at radius 1 is 0.947 bits per heavy atom. The van der Waals surface area contributed by atoms with Gasteiger partial charge in [-0.2, -0.15) is 0 Å². The maximum Gasteiger partial charge on any atom is 0.261 e. The van der Waals surface area contributed by atoms with Crippen LogP contribution in [-0.4, -0.2) is 30.5 Å². The normalized spacial score (nSPS) is 11.3. The summed E-state index contributed by atoms with van der Waals surface area (Å²) >= 11 is 0. The number of benzene rings is 3. The molecular formula is C27H24F2N4O4S. The highest BCUT2D eigenvalue weighted by Crippen LogP contribution is 2.27. The van der Waals surface area contributed by atoms with E-state index in [1.165, 1.54) is 13.1 Å². The summed E-state index contributed by atoms with van der Waals surface area (Å²) in [6, 6.07) is 18.4. The summed E-state index contributed by atoms with van der Waals surface area (Å²) in [5.41, 5.74) is 1.39. The first-order valence-electron chi connectivity index (χ1n) is 11.4. The van der Waals surface area contributed by atoms with E-state index in [0.29, 0.717) is 18.9 Å². The van der Waals surface area contributed by atoms with Gasteiger partial charge < -0.3 is 10.1 Å². The quantitative estimate of drug-likeness (QED) is 0.308. The van der Waals surface area contributed by atoms with Gasteiger partial charge in [-0.05, 0) is 42.3 Å². The van der Waals surface area contributed by atoms with Crippen LogP contribution in [0.5, 0.6) is 0 Å². The van der Waals surface area contributed by atoms with Crippen molar-refractivity contribution in [3.8, 4) is 11.3 Å². The average molecular weight is 539 g/mol. The minimum absolute atomic E-state index is 0.0758. The van der Waals surface area contributed by atoms with E-state index in [1.54, 1.807) is 24.3 Å². The maximum absolute atomic E-state index is 15.4. The number of nitrogens with one attached hydrogen (secondary N) is 2. The summed E-state index contributed by atoms with van der Waals surface area (Å²) in [5.74, 6) is -3.32. The Labute approximate surface area is 218 Å². The summed E-state index contributed by atoms with van der Waals surface area (Å²) in [7, 11) is -3.67. The smallest absolute Gasteiger partial charge is 0.261 e. The number of aromatic nitrogens is 2. The molecule has 11 heteroatoms. The molecule has 0 aliphatic rings. The van der Waals surface area contributed by atoms with Crippen LogP contribution in [0.3, 0.4) is 0 Å². The highest BCUT2D eigenvalue weighted by Gasteiger charge is 2.23. The molecule has 38 heavy (non-hydrogen) atoms. The Kier molecular flexibility index (Phi) is 8.08. The van der Waals surface area contributed by atoms with Gasteiger partial charge in [0.25, 0.3) is 5.91 Å². The third-order valence-electron chi connectivity index (χ3n) is 5.42. The molecule has 3 aromatic carbocycles.